The number of rotatable bonds is 6. The van der Waals surface area contributed by atoms with Crippen molar-refractivity contribution < 1.29 is 52.6 Å². The molecule has 0 spiro atoms. The molecular weight excluding hydrogens is 531 g/mol. The molecule has 2 aromatic rings. The van der Waals surface area contributed by atoms with E-state index in [0.29, 0.717) is 10.0 Å². The number of nitrogens with one attached hydrogen (secondary N) is 1. The molecule has 0 saturated carbocycles. The Balaban J connectivity index is 1.55. The Hall–Kier alpha value is -2.42. The molecule has 1 aliphatic heterocycles. The van der Waals surface area contributed by atoms with E-state index in [-0.39, 0.29) is 18.0 Å². The van der Waals surface area contributed by atoms with Crippen LogP contribution in [0, 0.1) is 0 Å². The van der Waals surface area contributed by atoms with Crippen LogP contribution in [0.25, 0.3) is 0 Å². The minimum absolute atomic E-state index is 0.127. The average Bonchev–Trinajstić information content (AvgIpc) is 2.79. The summed E-state index contributed by atoms with van der Waals surface area (Å²) in [6.07, 6.45) is -12.5. The van der Waals surface area contributed by atoms with E-state index in [0.717, 1.165) is 24.3 Å². The van der Waals surface area contributed by atoms with Crippen molar-refractivity contribution in [3.8, 4) is 5.75 Å². The minimum atomic E-state index is -4.48. The van der Waals surface area contributed by atoms with Gasteiger partial charge in [0.2, 0.25) is 6.29 Å². The number of halogens is 4. The molecule has 2 aromatic carbocycles. The predicted octanol–water partition coefficient (Wildman–Crippen LogP) is 2.40. The minimum Gasteiger partial charge on any atom is -0.461 e. The standard InChI is InChI=1S/C21H21BrF3NO8/c22-13-7-10(9-32-20(31)26-12-4-2-11(3-5-12)21(23,24)25)1-6-14(13)33-19-18(30)17(29)16(28)15(8-27)34-19/h1-7,15-19,27-30H,8-9H2,(H,26,31)/t15-,16-,17+,18+,19+/m1/s1. The number of alkyl halides is 3. The van der Waals surface area contributed by atoms with E-state index in [1.54, 1.807) is 6.07 Å². The molecule has 1 fully saturated rings. The van der Waals surface area contributed by atoms with Gasteiger partial charge in [0.25, 0.3) is 0 Å². The largest absolute Gasteiger partial charge is 0.461 e. The van der Waals surface area contributed by atoms with E-state index in [2.05, 4.69) is 21.2 Å². The van der Waals surface area contributed by atoms with Gasteiger partial charge in [-0.2, -0.15) is 13.2 Å². The van der Waals surface area contributed by atoms with Crippen molar-refractivity contribution in [2.24, 2.45) is 0 Å². The number of hydrogen-bond acceptors (Lipinski definition) is 8. The van der Waals surface area contributed by atoms with E-state index in [4.69, 9.17) is 14.2 Å². The van der Waals surface area contributed by atoms with E-state index in [1.807, 2.05) is 0 Å². The fourth-order valence-corrected chi connectivity index (χ4v) is 3.58. The van der Waals surface area contributed by atoms with Gasteiger partial charge in [-0.15, -0.1) is 0 Å². The monoisotopic (exact) mass is 551 g/mol. The van der Waals surface area contributed by atoms with Crippen LogP contribution >= 0.6 is 15.9 Å². The lowest BCUT2D eigenvalue weighted by atomic mass is 9.99. The van der Waals surface area contributed by atoms with Gasteiger partial charge in [0.15, 0.2) is 0 Å². The summed E-state index contributed by atoms with van der Waals surface area (Å²) >= 11 is 3.27. The zero-order valence-corrected chi connectivity index (χ0v) is 18.9. The van der Waals surface area contributed by atoms with Crippen molar-refractivity contribution in [2.75, 3.05) is 11.9 Å². The number of benzene rings is 2. The summed E-state index contributed by atoms with van der Waals surface area (Å²) in [5.41, 5.74) is -0.194. The molecule has 1 amide bonds. The van der Waals surface area contributed by atoms with Crippen molar-refractivity contribution in [1.82, 2.24) is 0 Å². The molecule has 9 nitrogen and oxygen atoms in total. The highest BCUT2D eigenvalue weighted by molar-refractivity contribution is 9.10. The van der Waals surface area contributed by atoms with Crippen LogP contribution in [0.2, 0.25) is 0 Å². The Morgan fingerprint density at radius 3 is 2.32 bits per heavy atom. The highest BCUT2D eigenvalue weighted by Gasteiger charge is 2.44. The van der Waals surface area contributed by atoms with Crippen LogP contribution < -0.4 is 10.1 Å². The van der Waals surface area contributed by atoms with Crippen LogP contribution in [0.1, 0.15) is 11.1 Å². The molecule has 186 valence electrons. The van der Waals surface area contributed by atoms with Gasteiger partial charge in [0.1, 0.15) is 36.8 Å². The van der Waals surface area contributed by atoms with Crippen LogP contribution in [0.5, 0.6) is 5.75 Å². The highest BCUT2D eigenvalue weighted by atomic mass is 79.9. The fraction of sp³-hybridized carbons (Fsp3) is 0.381. The van der Waals surface area contributed by atoms with Crippen LogP contribution in [0.15, 0.2) is 46.9 Å². The Labute approximate surface area is 199 Å². The second kappa shape index (κ2) is 10.9. The van der Waals surface area contributed by atoms with Crippen LogP contribution in [0.3, 0.4) is 0 Å². The van der Waals surface area contributed by atoms with Gasteiger partial charge in [0.05, 0.1) is 16.6 Å². The van der Waals surface area contributed by atoms with Gasteiger partial charge < -0.3 is 34.6 Å². The van der Waals surface area contributed by atoms with Crippen molar-refractivity contribution in [3.63, 3.8) is 0 Å². The Morgan fingerprint density at radius 2 is 1.74 bits per heavy atom. The van der Waals surface area contributed by atoms with Crippen LogP contribution in [-0.4, -0.2) is 63.8 Å². The number of carbonyl (C=O) groups is 1. The van der Waals surface area contributed by atoms with Crippen molar-refractivity contribution >= 4 is 27.7 Å². The van der Waals surface area contributed by atoms with Crippen molar-refractivity contribution in [3.05, 3.63) is 58.1 Å². The smallest absolute Gasteiger partial charge is 0.416 e. The first-order valence-electron chi connectivity index (χ1n) is 9.86. The van der Waals surface area contributed by atoms with Gasteiger partial charge in [-0.05, 0) is 57.9 Å². The number of carbonyl (C=O) groups excluding carboxylic acids is 1. The van der Waals surface area contributed by atoms with E-state index >= 15 is 0 Å². The highest BCUT2D eigenvalue weighted by Crippen LogP contribution is 2.31. The summed E-state index contributed by atoms with van der Waals surface area (Å²) in [5, 5.41) is 41.3. The van der Waals surface area contributed by atoms with Crippen LogP contribution in [0.4, 0.5) is 23.7 Å². The van der Waals surface area contributed by atoms with Gasteiger partial charge in [0, 0.05) is 5.69 Å². The molecule has 1 saturated heterocycles. The van der Waals surface area contributed by atoms with Gasteiger partial charge in [-0.25, -0.2) is 4.79 Å². The maximum Gasteiger partial charge on any atom is 0.416 e. The third kappa shape index (κ3) is 6.37. The Kier molecular flexibility index (Phi) is 8.38. The number of aliphatic hydroxyl groups excluding tert-OH is 4. The molecular formula is C21H21BrF3NO8. The fourth-order valence-electron chi connectivity index (χ4n) is 3.06. The van der Waals surface area contributed by atoms with E-state index in [9.17, 15) is 38.4 Å². The average molecular weight is 552 g/mol. The molecule has 0 aromatic heterocycles. The summed E-state index contributed by atoms with van der Waals surface area (Å²) in [4.78, 5) is 11.9. The number of amides is 1. The van der Waals surface area contributed by atoms with Gasteiger partial charge in [-0.3, -0.25) is 5.32 Å². The third-order valence-corrected chi connectivity index (χ3v) is 5.54. The van der Waals surface area contributed by atoms with Gasteiger partial charge >= 0.3 is 12.3 Å². The number of anilines is 1. The lowest BCUT2D eigenvalue weighted by Gasteiger charge is -2.39. The lowest BCUT2D eigenvalue weighted by molar-refractivity contribution is -0.277. The topological polar surface area (TPSA) is 138 Å². The molecule has 5 atom stereocenters. The maximum absolute atomic E-state index is 12.6. The molecule has 34 heavy (non-hydrogen) atoms. The molecule has 1 heterocycles. The first kappa shape index (κ1) is 26.2. The maximum atomic E-state index is 12.6. The number of aliphatic hydroxyl groups is 4. The quantitative estimate of drug-likeness (QED) is 0.369. The summed E-state index contributed by atoms with van der Waals surface area (Å²) in [7, 11) is 0. The lowest BCUT2D eigenvalue weighted by Crippen LogP contribution is -2.60. The predicted molar refractivity (Wildman–Crippen MR) is 114 cm³/mol. The zero-order chi connectivity index (χ0) is 25.0. The zero-order valence-electron chi connectivity index (χ0n) is 17.3. The summed E-state index contributed by atoms with van der Waals surface area (Å²) in [5.74, 6) is 0.197. The molecule has 0 aliphatic carbocycles. The normalized spacial score (nSPS) is 25.0. The van der Waals surface area contributed by atoms with E-state index < -0.39 is 55.1 Å². The molecule has 1 aliphatic rings. The van der Waals surface area contributed by atoms with Gasteiger partial charge in [-0.1, -0.05) is 6.07 Å². The summed E-state index contributed by atoms with van der Waals surface area (Å²) in [6, 6.07) is 8.43. The second-order valence-corrected chi connectivity index (χ2v) is 8.21. The number of hydrogen-bond donors (Lipinski definition) is 5. The van der Waals surface area contributed by atoms with Crippen molar-refractivity contribution in [2.45, 2.75) is 43.5 Å². The first-order chi connectivity index (χ1) is 16.0. The summed E-state index contributed by atoms with van der Waals surface area (Å²) < 4.78 is 54.0. The molecule has 3 rings (SSSR count). The molecule has 13 heteroatoms. The SMILES string of the molecule is O=C(Nc1ccc(C(F)(F)F)cc1)OCc1ccc(O[C@H]2O[C@H](CO)[C@@H](O)[C@H](O)[C@@H]2O)c(Br)c1. The molecule has 0 bridgehead atoms. The van der Waals surface area contributed by atoms with Crippen LogP contribution in [-0.2, 0) is 22.3 Å². The second-order valence-electron chi connectivity index (χ2n) is 7.36. The third-order valence-electron chi connectivity index (χ3n) is 4.92. The van der Waals surface area contributed by atoms with Crippen molar-refractivity contribution in [1.29, 1.82) is 0 Å². The Morgan fingerprint density at radius 1 is 1.06 bits per heavy atom. The Bertz CT molecular complexity index is 989. The summed E-state index contributed by atoms with van der Waals surface area (Å²) in [6.45, 7) is -0.776. The van der Waals surface area contributed by atoms with E-state index in [1.165, 1.54) is 12.1 Å². The number of ether oxygens (including phenoxy) is 3. The molecule has 0 unspecified atom stereocenters. The first-order valence-corrected chi connectivity index (χ1v) is 10.7. The molecule has 0 radical (unpaired) electrons. The molecule has 5 N–H and O–H groups in total.